The summed E-state index contributed by atoms with van der Waals surface area (Å²) in [5, 5.41) is 2.86. The van der Waals surface area contributed by atoms with Gasteiger partial charge in [-0.2, -0.15) is 0 Å². The molecule has 3 N–H and O–H groups in total. The van der Waals surface area contributed by atoms with Gasteiger partial charge >= 0.3 is 0 Å². The number of hydrogen-bond donors (Lipinski definition) is 2. The third-order valence-electron chi connectivity index (χ3n) is 3.63. The molecular formula is C13H16N2O3. The van der Waals surface area contributed by atoms with E-state index in [0.717, 1.165) is 6.42 Å². The molecule has 0 bridgehead atoms. The zero-order chi connectivity index (χ0) is 12.9. The first kappa shape index (κ1) is 11.2. The Morgan fingerprint density at radius 2 is 2.00 bits per heavy atom. The number of nitrogen functional groups attached to an aromatic ring is 1. The van der Waals surface area contributed by atoms with Gasteiger partial charge in [0.15, 0.2) is 11.5 Å². The minimum absolute atomic E-state index is 0.0190. The first-order valence-corrected chi connectivity index (χ1v) is 5.97. The molecule has 1 heterocycles. The molecule has 1 unspecified atom stereocenters. The molecule has 1 fully saturated rings. The summed E-state index contributed by atoms with van der Waals surface area (Å²) >= 11 is 0. The number of fused-ring (bicyclic) bond motifs is 1. The molecule has 1 aromatic carbocycles. The highest BCUT2D eigenvalue weighted by molar-refractivity contribution is 5.98. The summed E-state index contributed by atoms with van der Waals surface area (Å²) in [4.78, 5) is 12.0. The molecule has 0 saturated heterocycles. The quantitative estimate of drug-likeness (QED) is 0.785. The maximum absolute atomic E-state index is 12.0. The average molecular weight is 248 g/mol. The number of carbonyl (C=O) groups excluding carboxylic acids is 1. The van der Waals surface area contributed by atoms with Gasteiger partial charge in [0.1, 0.15) is 0 Å². The molecule has 5 heteroatoms. The van der Waals surface area contributed by atoms with Gasteiger partial charge in [0.05, 0.1) is 11.4 Å². The number of benzene rings is 1. The lowest BCUT2D eigenvalue weighted by molar-refractivity contribution is -0.117. The molecule has 1 saturated carbocycles. The Morgan fingerprint density at radius 1 is 1.39 bits per heavy atom. The number of rotatable bonds is 2. The van der Waals surface area contributed by atoms with E-state index in [1.807, 2.05) is 0 Å². The maximum atomic E-state index is 12.0. The van der Waals surface area contributed by atoms with Crippen molar-refractivity contribution in [3.63, 3.8) is 0 Å². The fraction of sp³-hybridized carbons (Fsp3) is 0.462. The Balaban J connectivity index is 1.79. The second-order valence-electron chi connectivity index (χ2n) is 5.53. The standard InChI is InChI=1S/C13H16N2O3/c1-13(2)5-7(13)12(16)15-9-4-11-10(3-8(9)14)17-6-18-11/h3-4,7H,5-6,14H2,1-2H3,(H,15,16). The molecule has 5 nitrogen and oxygen atoms in total. The highest BCUT2D eigenvalue weighted by atomic mass is 16.7. The third-order valence-corrected chi connectivity index (χ3v) is 3.63. The van der Waals surface area contributed by atoms with E-state index >= 15 is 0 Å². The van der Waals surface area contributed by atoms with E-state index in [0.29, 0.717) is 22.9 Å². The smallest absolute Gasteiger partial charge is 0.231 e. The predicted molar refractivity (Wildman–Crippen MR) is 67.5 cm³/mol. The molecule has 1 aromatic rings. The molecule has 1 aliphatic heterocycles. The number of ether oxygens (including phenoxy) is 2. The van der Waals surface area contributed by atoms with Crippen molar-refractivity contribution >= 4 is 17.3 Å². The Labute approximate surface area is 105 Å². The van der Waals surface area contributed by atoms with Gasteiger partial charge in [0, 0.05) is 18.1 Å². The molecule has 96 valence electrons. The Bertz CT molecular complexity index is 525. The second-order valence-corrected chi connectivity index (χ2v) is 5.53. The van der Waals surface area contributed by atoms with Crippen molar-refractivity contribution in [1.82, 2.24) is 0 Å². The zero-order valence-electron chi connectivity index (χ0n) is 10.4. The Hall–Kier alpha value is -1.91. The van der Waals surface area contributed by atoms with Gasteiger partial charge in [-0.05, 0) is 11.8 Å². The van der Waals surface area contributed by atoms with Crippen LogP contribution in [0.4, 0.5) is 11.4 Å². The van der Waals surface area contributed by atoms with Gasteiger partial charge in [-0.1, -0.05) is 13.8 Å². The van der Waals surface area contributed by atoms with E-state index < -0.39 is 0 Å². The summed E-state index contributed by atoms with van der Waals surface area (Å²) < 4.78 is 10.5. The Kier molecular flexibility index (Phi) is 2.20. The topological polar surface area (TPSA) is 73.6 Å². The van der Waals surface area contributed by atoms with E-state index in [2.05, 4.69) is 19.2 Å². The lowest BCUT2D eigenvalue weighted by Gasteiger charge is -2.10. The van der Waals surface area contributed by atoms with Gasteiger partial charge in [-0.15, -0.1) is 0 Å². The number of nitrogens with one attached hydrogen (secondary N) is 1. The van der Waals surface area contributed by atoms with Crippen LogP contribution in [0.5, 0.6) is 11.5 Å². The third kappa shape index (κ3) is 1.75. The average Bonchev–Trinajstić information content (AvgIpc) is 2.71. The SMILES string of the molecule is CC1(C)CC1C(=O)Nc1cc2c(cc1N)OCO2. The van der Waals surface area contributed by atoms with Crippen LogP contribution in [0.15, 0.2) is 12.1 Å². The van der Waals surface area contributed by atoms with E-state index in [4.69, 9.17) is 15.2 Å². The first-order chi connectivity index (χ1) is 8.47. The minimum atomic E-state index is 0.0190. The van der Waals surface area contributed by atoms with E-state index in [-0.39, 0.29) is 24.0 Å². The van der Waals surface area contributed by atoms with E-state index in [9.17, 15) is 4.79 Å². The van der Waals surface area contributed by atoms with Crippen molar-refractivity contribution in [2.24, 2.45) is 11.3 Å². The molecule has 1 atom stereocenters. The van der Waals surface area contributed by atoms with Crippen LogP contribution in [0.3, 0.4) is 0 Å². The monoisotopic (exact) mass is 248 g/mol. The fourth-order valence-corrected chi connectivity index (χ4v) is 2.20. The van der Waals surface area contributed by atoms with Crippen molar-refractivity contribution in [2.45, 2.75) is 20.3 Å². The van der Waals surface area contributed by atoms with Crippen LogP contribution in [-0.4, -0.2) is 12.7 Å². The summed E-state index contributed by atoms with van der Waals surface area (Å²) in [5.41, 5.74) is 7.07. The van der Waals surface area contributed by atoms with Crippen LogP contribution in [0.2, 0.25) is 0 Å². The highest BCUT2D eigenvalue weighted by Crippen LogP contribution is 2.52. The Morgan fingerprint density at radius 3 is 2.61 bits per heavy atom. The van der Waals surface area contributed by atoms with Gasteiger partial charge < -0.3 is 20.5 Å². The van der Waals surface area contributed by atoms with E-state index in [1.165, 1.54) is 0 Å². The van der Waals surface area contributed by atoms with Gasteiger partial charge in [-0.3, -0.25) is 4.79 Å². The van der Waals surface area contributed by atoms with Crippen molar-refractivity contribution < 1.29 is 14.3 Å². The van der Waals surface area contributed by atoms with Crippen molar-refractivity contribution in [3.8, 4) is 11.5 Å². The lowest BCUT2D eigenvalue weighted by Crippen LogP contribution is -2.17. The number of anilines is 2. The summed E-state index contributed by atoms with van der Waals surface area (Å²) in [6.07, 6.45) is 0.920. The summed E-state index contributed by atoms with van der Waals surface area (Å²) in [6.45, 7) is 4.36. The minimum Gasteiger partial charge on any atom is -0.454 e. The number of carbonyl (C=O) groups is 1. The van der Waals surface area contributed by atoms with E-state index in [1.54, 1.807) is 12.1 Å². The van der Waals surface area contributed by atoms with Crippen LogP contribution >= 0.6 is 0 Å². The molecule has 3 rings (SSSR count). The zero-order valence-corrected chi connectivity index (χ0v) is 10.4. The van der Waals surface area contributed by atoms with Gasteiger partial charge in [0.2, 0.25) is 12.7 Å². The van der Waals surface area contributed by atoms with Crippen LogP contribution in [0.25, 0.3) is 0 Å². The van der Waals surface area contributed by atoms with Crippen LogP contribution in [0.1, 0.15) is 20.3 Å². The molecule has 1 amide bonds. The highest BCUT2D eigenvalue weighted by Gasteiger charge is 2.50. The molecule has 0 radical (unpaired) electrons. The van der Waals surface area contributed by atoms with Crippen LogP contribution in [-0.2, 0) is 4.79 Å². The number of nitrogens with two attached hydrogens (primary N) is 1. The first-order valence-electron chi connectivity index (χ1n) is 5.97. The summed E-state index contributed by atoms with van der Waals surface area (Å²) in [6, 6.07) is 3.39. The normalized spacial score (nSPS) is 22.7. The molecule has 1 aliphatic carbocycles. The van der Waals surface area contributed by atoms with Crippen molar-refractivity contribution in [1.29, 1.82) is 0 Å². The molecule has 0 aromatic heterocycles. The molecule has 18 heavy (non-hydrogen) atoms. The number of amides is 1. The molecular weight excluding hydrogens is 232 g/mol. The fourth-order valence-electron chi connectivity index (χ4n) is 2.20. The number of hydrogen-bond acceptors (Lipinski definition) is 4. The summed E-state index contributed by atoms with van der Waals surface area (Å²) in [7, 11) is 0. The van der Waals surface area contributed by atoms with Crippen molar-refractivity contribution in [3.05, 3.63) is 12.1 Å². The lowest BCUT2D eigenvalue weighted by atomic mass is 10.1. The molecule has 0 spiro atoms. The van der Waals surface area contributed by atoms with Gasteiger partial charge in [-0.25, -0.2) is 0 Å². The van der Waals surface area contributed by atoms with Crippen LogP contribution in [0, 0.1) is 11.3 Å². The molecule has 2 aliphatic rings. The predicted octanol–water partition coefficient (Wildman–Crippen LogP) is 1.98. The van der Waals surface area contributed by atoms with Crippen molar-refractivity contribution in [2.75, 3.05) is 17.8 Å². The maximum Gasteiger partial charge on any atom is 0.231 e. The largest absolute Gasteiger partial charge is 0.454 e. The van der Waals surface area contributed by atoms with Gasteiger partial charge in [0.25, 0.3) is 0 Å². The van der Waals surface area contributed by atoms with Crippen LogP contribution < -0.4 is 20.5 Å². The summed E-state index contributed by atoms with van der Waals surface area (Å²) in [5.74, 6) is 1.33. The second kappa shape index (κ2) is 3.54.